The minimum Gasteiger partial charge on any atom is -0.384 e. The highest BCUT2D eigenvalue weighted by Crippen LogP contribution is 2.25. The smallest absolute Gasteiger partial charge is 0.224 e. The Balaban J connectivity index is 1.66. The number of nitrogens with zero attached hydrogens (tertiary/aromatic N) is 2. The maximum Gasteiger partial charge on any atom is 0.224 e. The summed E-state index contributed by atoms with van der Waals surface area (Å²) < 4.78 is 0. The molecule has 2 atom stereocenters. The molecule has 0 saturated carbocycles. The summed E-state index contributed by atoms with van der Waals surface area (Å²) in [6, 6.07) is 3.82. The third kappa shape index (κ3) is 4.84. The molecule has 0 aromatic carbocycles. The number of hydrogen-bond acceptors (Lipinski definition) is 8. The summed E-state index contributed by atoms with van der Waals surface area (Å²) in [6.45, 7) is 6.06. The number of aromatic nitrogens is 2. The van der Waals surface area contributed by atoms with E-state index in [0.717, 1.165) is 16.7 Å². The van der Waals surface area contributed by atoms with Crippen LogP contribution < -0.4 is 10.6 Å². The predicted octanol–water partition coefficient (Wildman–Crippen LogP) is 3.55. The van der Waals surface area contributed by atoms with Gasteiger partial charge in [0.1, 0.15) is 17.0 Å². The van der Waals surface area contributed by atoms with E-state index in [1.165, 1.54) is 0 Å². The van der Waals surface area contributed by atoms with Crippen molar-refractivity contribution in [3.63, 3.8) is 0 Å². The van der Waals surface area contributed by atoms with Crippen molar-refractivity contribution in [2.45, 2.75) is 32.0 Å². The van der Waals surface area contributed by atoms with Gasteiger partial charge < -0.3 is 20.8 Å². The zero-order valence-corrected chi connectivity index (χ0v) is 17.2. The predicted molar refractivity (Wildman–Crippen MR) is 112 cm³/mol. The van der Waals surface area contributed by atoms with E-state index in [-0.39, 0.29) is 0 Å². The lowest BCUT2D eigenvalue weighted by Crippen LogP contribution is -2.31. The van der Waals surface area contributed by atoms with Crippen molar-refractivity contribution in [2.24, 2.45) is 0 Å². The number of aryl methyl sites for hydroxylation is 1. The fraction of sp³-hybridized carbons (Fsp3) is 0.368. The molecule has 0 amide bonds. The Hall–Kier alpha value is -2.00. The van der Waals surface area contributed by atoms with Gasteiger partial charge in [-0.05, 0) is 65.6 Å². The average molecular weight is 405 g/mol. The molecule has 3 aromatic heterocycles. The first-order chi connectivity index (χ1) is 12.8. The molecular weight excluding hydrogens is 380 g/mol. The molecule has 0 bridgehead atoms. The van der Waals surface area contributed by atoms with E-state index in [9.17, 15) is 10.2 Å². The van der Waals surface area contributed by atoms with E-state index in [1.54, 1.807) is 42.7 Å². The highest BCUT2D eigenvalue weighted by Gasteiger charge is 2.25. The standard InChI is InChI=1S/C19H24N4O2S2/c1-13-8-20-17(22-12-19(3,25)15-5-7-27-10-15)23-16(13)21-11-18(2,24)14-4-6-26-9-14/h4-10,24-25H,11-12H2,1-3H3,(H2,20,21,22,23). The molecule has 3 heterocycles. The van der Waals surface area contributed by atoms with Crippen LogP contribution in [0.3, 0.4) is 0 Å². The Bertz CT molecular complexity index is 862. The van der Waals surface area contributed by atoms with Gasteiger partial charge in [0, 0.05) is 18.3 Å². The van der Waals surface area contributed by atoms with Crippen LogP contribution in [0.25, 0.3) is 0 Å². The van der Waals surface area contributed by atoms with Crippen LogP contribution >= 0.6 is 22.7 Å². The normalized spacial score (nSPS) is 15.7. The van der Waals surface area contributed by atoms with Crippen LogP contribution in [0.2, 0.25) is 0 Å². The van der Waals surface area contributed by atoms with Crippen molar-refractivity contribution in [1.29, 1.82) is 0 Å². The molecule has 0 aliphatic carbocycles. The topological polar surface area (TPSA) is 90.3 Å². The van der Waals surface area contributed by atoms with E-state index < -0.39 is 11.2 Å². The molecule has 3 aromatic rings. The van der Waals surface area contributed by atoms with Crippen LogP contribution in [-0.4, -0.2) is 33.3 Å². The van der Waals surface area contributed by atoms with Crippen LogP contribution in [0, 0.1) is 6.92 Å². The molecule has 0 radical (unpaired) electrons. The second-order valence-corrected chi connectivity index (χ2v) is 8.56. The minimum absolute atomic E-state index is 0.291. The number of anilines is 2. The highest BCUT2D eigenvalue weighted by atomic mass is 32.1. The summed E-state index contributed by atoms with van der Waals surface area (Å²) in [6.07, 6.45) is 1.72. The fourth-order valence-corrected chi connectivity index (χ4v) is 4.12. The summed E-state index contributed by atoms with van der Waals surface area (Å²) in [5.41, 5.74) is 0.610. The summed E-state index contributed by atoms with van der Waals surface area (Å²) in [5.74, 6) is 1.08. The summed E-state index contributed by atoms with van der Waals surface area (Å²) in [7, 11) is 0. The van der Waals surface area contributed by atoms with Gasteiger partial charge >= 0.3 is 0 Å². The lowest BCUT2D eigenvalue weighted by Gasteiger charge is -2.24. The molecule has 0 aliphatic rings. The Morgan fingerprint density at radius 3 is 2.04 bits per heavy atom. The second-order valence-electron chi connectivity index (χ2n) is 7.00. The molecular formula is C19H24N4O2S2. The highest BCUT2D eigenvalue weighted by molar-refractivity contribution is 7.08. The molecule has 4 N–H and O–H groups in total. The van der Waals surface area contributed by atoms with Gasteiger partial charge in [0.2, 0.25) is 5.95 Å². The molecule has 2 unspecified atom stereocenters. The molecule has 8 heteroatoms. The van der Waals surface area contributed by atoms with E-state index in [4.69, 9.17) is 0 Å². The molecule has 3 rings (SSSR count). The van der Waals surface area contributed by atoms with Crippen molar-refractivity contribution in [3.05, 3.63) is 56.5 Å². The molecule has 6 nitrogen and oxygen atoms in total. The summed E-state index contributed by atoms with van der Waals surface area (Å²) >= 11 is 3.10. The molecule has 0 fully saturated rings. The summed E-state index contributed by atoms with van der Waals surface area (Å²) in [5, 5.41) is 35.3. The number of aliphatic hydroxyl groups is 2. The van der Waals surface area contributed by atoms with Crippen LogP contribution in [0.1, 0.15) is 30.5 Å². The van der Waals surface area contributed by atoms with Crippen LogP contribution in [-0.2, 0) is 11.2 Å². The van der Waals surface area contributed by atoms with E-state index in [1.807, 2.05) is 40.6 Å². The SMILES string of the molecule is Cc1cnc(NCC(C)(O)c2ccsc2)nc1NCC(C)(O)c1ccsc1. The van der Waals surface area contributed by atoms with Crippen molar-refractivity contribution < 1.29 is 10.2 Å². The minimum atomic E-state index is -1.01. The Morgan fingerprint density at radius 2 is 1.52 bits per heavy atom. The van der Waals surface area contributed by atoms with Crippen LogP contribution in [0.15, 0.2) is 39.8 Å². The summed E-state index contributed by atoms with van der Waals surface area (Å²) in [4.78, 5) is 8.78. The molecule has 27 heavy (non-hydrogen) atoms. The average Bonchev–Trinajstić information content (AvgIpc) is 3.33. The number of nitrogens with one attached hydrogen (secondary N) is 2. The van der Waals surface area contributed by atoms with Crippen LogP contribution in [0.4, 0.5) is 11.8 Å². The molecule has 0 saturated heterocycles. The first-order valence-electron chi connectivity index (χ1n) is 8.59. The van der Waals surface area contributed by atoms with E-state index in [0.29, 0.717) is 24.9 Å². The van der Waals surface area contributed by atoms with Gasteiger partial charge in [-0.2, -0.15) is 27.7 Å². The van der Waals surface area contributed by atoms with Crippen molar-refractivity contribution in [1.82, 2.24) is 9.97 Å². The van der Waals surface area contributed by atoms with Crippen molar-refractivity contribution >= 4 is 34.4 Å². The van der Waals surface area contributed by atoms with Gasteiger partial charge in [-0.3, -0.25) is 0 Å². The number of hydrogen-bond donors (Lipinski definition) is 4. The van der Waals surface area contributed by atoms with Gasteiger partial charge in [-0.1, -0.05) is 0 Å². The van der Waals surface area contributed by atoms with Crippen LogP contribution in [0.5, 0.6) is 0 Å². The van der Waals surface area contributed by atoms with Gasteiger partial charge in [0.15, 0.2) is 0 Å². The van der Waals surface area contributed by atoms with Crippen molar-refractivity contribution in [2.75, 3.05) is 23.7 Å². The maximum atomic E-state index is 10.7. The lowest BCUT2D eigenvalue weighted by atomic mass is 9.99. The van der Waals surface area contributed by atoms with E-state index >= 15 is 0 Å². The van der Waals surface area contributed by atoms with E-state index in [2.05, 4.69) is 20.6 Å². The Labute approximate surface area is 167 Å². The number of rotatable bonds is 8. The zero-order chi connectivity index (χ0) is 19.5. The van der Waals surface area contributed by atoms with Gasteiger partial charge in [0.25, 0.3) is 0 Å². The van der Waals surface area contributed by atoms with Gasteiger partial charge in [-0.15, -0.1) is 0 Å². The quantitative estimate of drug-likeness (QED) is 0.459. The van der Waals surface area contributed by atoms with Gasteiger partial charge in [-0.25, -0.2) is 4.98 Å². The third-order valence-corrected chi connectivity index (χ3v) is 5.82. The fourth-order valence-electron chi connectivity index (χ4n) is 2.56. The first kappa shape index (κ1) is 19.8. The Kier molecular flexibility index (Phi) is 5.81. The maximum absolute atomic E-state index is 10.7. The largest absolute Gasteiger partial charge is 0.384 e. The monoisotopic (exact) mass is 404 g/mol. The van der Waals surface area contributed by atoms with Crippen molar-refractivity contribution in [3.8, 4) is 0 Å². The molecule has 144 valence electrons. The zero-order valence-electron chi connectivity index (χ0n) is 15.6. The van der Waals surface area contributed by atoms with Gasteiger partial charge in [0.05, 0.1) is 6.54 Å². The first-order valence-corrected chi connectivity index (χ1v) is 10.5. The second kappa shape index (κ2) is 7.93. The Morgan fingerprint density at radius 1 is 0.963 bits per heavy atom. The third-order valence-electron chi connectivity index (χ3n) is 4.45. The molecule has 0 spiro atoms. The number of thiophene rings is 2. The lowest BCUT2D eigenvalue weighted by molar-refractivity contribution is 0.0716. The molecule has 0 aliphatic heterocycles.